The molecule has 0 amide bonds. The molecule has 1 aromatic heterocycles. The maximum Gasteiger partial charge on any atom is 0.247 e. The number of halogens is 1. The first-order chi connectivity index (χ1) is 9.70. The molecule has 0 aliphatic heterocycles. The van der Waals surface area contributed by atoms with Gasteiger partial charge in [0.2, 0.25) is 10.0 Å². The van der Waals surface area contributed by atoms with Crippen molar-refractivity contribution in [1.82, 2.24) is 9.62 Å². The van der Waals surface area contributed by atoms with Gasteiger partial charge >= 0.3 is 0 Å². The topological polar surface area (TPSA) is 62.6 Å². The fraction of sp³-hybridized carbons (Fsp3) is 0.692. The van der Waals surface area contributed by atoms with Crippen LogP contribution in [-0.2, 0) is 16.6 Å². The quantitative estimate of drug-likeness (QED) is 0.728. The zero-order valence-electron chi connectivity index (χ0n) is 13.0. The van der Waals surface area contributed by atoms with Crippen LogP contribution in [-0.4, -0.2) is 43.9 Å². The number of hydrogen-bond acceptors (Lipinski definition) is 5. The monoisotopic (exact) mass is 398 g/mol. The summed E-state index contributed by atoms with van der Waals surface area (Å²) < 4.78 is 32.4. The molecule has 1 atom stereocenters. The van der Waals surface area contributed by atoms with E-state index in [0.717, 1.165) is 5.75 Å². The van der Waals surface area contributed by atoms with Gasteiger partial charge in [-0.15, -0.1) is 0 Å². The van der Waals surface area contributed by atoms with Gasteiger partial charge in [-0.3, -0.25) is 0 Å². The SMILES string of the molecule is CSCC(C)N(C)S(=O)(=O)c1cc(CNC(C)C)oc1Br. The summed E-state index contributed by atoms with van der Waals surface area (Å²) in [4.78, 5) is 0.179. The first kappa shape index (κ1) is 19.0. The van der Waals surface area contributed by atoms with Crippen molar-refractivity contribution < 1.29 is 12.8 Å². The number of rotatable bonds is 8. The number of nitrogens with one attached hydrogen (secondary N) is 1. The van der Waals surface area contributed by atoms with Crippen molar-refractivity contribution in [2.45, 2.75) is 44.3 Å². The van der Waals surface area contributed by atoms with Gasteiger partial charge in [0, 0.05) is 31.0 Å². The highest BCUT2D eigenvalue weighted by atomic mass is 79.9. The molecule has 122 valence electrons. The summed E-state index contributed by atoms with van der Waals surface area (Å²) in [6.45, 7) is 6.43. The highest BCUT2D eigenvalue weighted by Gasteiger charge is 2.29. The largest absolute Gasteiger partial charge is 0.452 e. The lowest BCUT2D eigenvalue weighted by Gasteiger charge is -2.23. The Morgan fingerprint density at radius 1 is 1.43 bits per heavy atom. The molecule has 0 aliphatic carbocycles. The van der Waals surface area contributed by atoms with E-state index < -0.39 is 10.0 Å². The summed E-state index contributed by atoms with van der Waals surface area (Å²) in [5, 5.41) is 3.20. The highest BCUT2D eigenvalue weighted by molar-refractivity contribution is 9.10. The fourth-order valence-corrected chi connectivity index (χ4v) is 4.82. The minimum atomic E-state index is -3.56. The van der Waals surface area contributed by atoms with Crippen molar-refractivity contribution in [3.8, 4) is 0 Å². The summed E-state index contributed by atoms with van der Waals surface area (Å²) in [5.41, 5.74) is 0. The predicted octanol–water partition coefficient (Wildman–Crippen LogP) is 2.91. The molecule has 8 heteroatoms. The van der Waals surface area contributed by atoms with Gasteiger partial charge in [0.25, 0.3) is 0 Å². The van der Waals surface area contributed by atoms with E-state index in [9.17, 15) is 8.42 Å². The van der Waals surface area contributed by atoms with Gasteiger partial charge in [-0.1, -0.05) is 13.8 Å². The summed E-state index contributed by atoms with van der Waals surface area (Å²) >= 11 is 4.83. The molecule has 21 heavy (non-hydrogen) atoms. The van der Waals surface area contributed by atoms with E-state index in [1.54, 1.807) is 24.9 Å². The molecule has 0 aliphatic rings. The average Bonchev–Trinajstić information content (AvgIpc) is 2.77. The Balaban J connectivity index is 2.98. The van der Waals surface area contributed by atoms with Crippen molar-refractivity contribution in [2.75, 3.05) is 19.1 Å². The molecule has 1 N–H and O–H groups in total. The fourth-order valence-electron chi connectivity index (χ4n) is 1.70. The molecule has 0 aromatic carbocycles. The van der Waals surface area contributed by atoms with Gasteiger partial charge in [-0.25, -0.2) is 8.42 Å². The molecule has 0 radical (unpaired) electrons. The minimum Gasteiger partial charge on any atom is -0.452 e. The lowest BCUT2D eigenvalue weighted by Crippen LogP contribution is -2.36. The summed E-state index contributed by atoms with van der Waals surface area (Å²) in [5.74, 6) is 1.34. The zero-order valence-corrected chi connectivity index (χ0v) is 16.2. The van der Waals surface area contributed by atoms with Crippen LogP contribution in [0.25, 0.3) is 0 Å². The van der Waals surface area contributed by atoms with Crippen LogP contribution < -0.4 is 5.32 Å². The van der Waals surface area contributed by atoms with Crippen LogP contribution in [0.5, 0.6) is 0 Å². The average molecular weight is 399 g/mol. The minimum absolute atomic E-state index is 0.0796. The number of nitrogens with zero attached hydrogens (tertiary/aromatic N) is 1. The number of furan rings is 1. The maximum absolute atomic E-state index is 12.6. The highest BCUT2D eigenvalue weighted by Crippen LogP contribution is 2.29. The molecule has 0 saturated carbocycles. The van der Waals surface area contributed by atoms with E-state index in [4.69, 9.17) is 4.42 Å². The molecule has 1 aromatic rings. The van der Waals surface area contributed by atoms with Gasteiger partial charge in [0.05, 0.1) is 6.54 Å². The Morgan fingerprint density at radius 3 is 2.57 bits per heavy atom. The zero-order chi connectivity index (χ0) is 16.2. The van der Waals surface area contributed by atoms with Crippen LogP contribution in [0.2, 0.25) is 0 Å². The summed E-state index contributed by atoms with van der Waals surface area (Å²) in [6.07, 6.45) is 1.96. The van der Waals surface area contributed by atoms with Crippen molar-refractivity contribution >= 4 is 37.7 Å². The van der Waals surface area contributed by atoms with Crippen LogP contribution >= 0.6 is 27.7 Å². The number of thioether (sulfide) groups is 1. The predicted molar refractivity (Wildman–Crippen MR) is 91.2 cm³/mol. The maximum atomic E-state index is 12.6. The Bertz CT molecular complexity index is 558. The Labute approximate surface area is 140 Å². The molecule has 0 saturated heterocycles. The molecule has 5 nitrogen and oxygen atoms in total. The van der Waals surface area contributed by atoms with Crippen LogP contribution in [0.4, 0.5) is 0 Å². The van der Waals surface area contributed by atoms with Crippen molar-refractivity contribution in [3.63, 3.8) is 0 Å². The Hall–Kier alpha value is -0.0200. The molecule has 0 bridgehead atoms. The molecular formula is C13H23BrN2O3S2. The second-order valence-electron chi connectivity index (χ2n) is 5.21. The lowest BCUT2D eigenvalue weighted by molar-refractivity contribution is 0.411. The van der Waals surface area contributed by atoms with E-state index in [-0.39, 0.29) is 15.6 Å². The molecule has 0 fully saturated rings. The third-order valence-electron chi connectivity index (χ3n) is 3.08. The number of sulfonamides is 1. The van der Waals surface area contributed by atoms with Crippen LogP contribution in [0.3, 0.4) is 0 Å². The smallest absolute Gasteiger partial charge is 0.247 e. The third kappa shape index (κ3) is 4.99. The first-order valence-electron chi connectivity index (χ1n) is 6.68. The van der Waals surface area contributed by atoms with Crippen molar-refractivity contribution in [3.05, 3.63) is 16.5 Å². The van der Waals surface area contributed by atoms with E-state index in [1.165, 1.54) is 4.31 Å². The third-order valence-corrected chi connectivity index (χ3v) is 6.72. The van der Waals surface area contributed by atoms with E-state index in [0.29, 0.717) is 18.3 Å². The first-order valence-corrected chi connectivity index (χ1v) is 10.3. The van der Waals surface area contributed by atoms with Crippen LogP contribution in [0.15, 0.2) is 20.0 Å². The van der Waals surface area contributed by atoms with Gasteiger partial charge in [-0.2, -0.15) is 16.1 Å². The number of hydrogen-bond donors (Lipinski definition) is 1. The summed E-state index contributed by atoms with van der Waals surface area (Å²) in [7, 11) is -1.96. The van der Waals surface area contributed by atoms with Crippen LogP contribution in [0, 0.1) is 0 Å². The van der Waals surface area contributed by atoms with E-state index >= 15 is 0 Å². The Morgan fingerprint density at radius 2 is 2.05 bits per heavy atom. The van der Waals surface area contributed by atoms with Crippen molar-refractivity contribution in [1.29, 1.82) is 0 Å². The second kappa shape index (κ2) is 8.01. The van der Waals surface area contributed by atoms with E-state index in [2.05, 4.69) is 21.2 Å². The lowest BCUT2D eigenvalue weighted by atomic mass is 10.3. The summed E-state index contributed by atoms with van der Waals surface area (Å²) in [6, 6.07) is 1.80. The molecule has 1 heterocycles. The molecule has 1 rings (SSSR count). The van der Waals surface area contributed by atoms with Crippen LogP contribution in [0.1, 0.15) is 26.5 Å². The second-order valence-corrected chi connectivity index (χ2v) is 8.81. The van der Waals surface area contributed by atoms with Crippen molar-refractivity contribution in [2.24, 2.45) is 0 Å². The van der Waals surface area contributed by atoms with Gasteiger partial charge in [0.15, 0.2) is 4.67 Å². The standard InChI is InChI=1S/C13H23BrN2O3S2/c1-9(2)15-7-11-6-12(13(14)19-11)21(17,18)16(4)10(3)8-20-5/h6,9-10,15H,7-8H2,1-5H3. The normalized spacial score (nSPS) is 14.1. The van der Waals surface area contributed by atoms with Gasteiger partial charge < -0.3 is 9.73 Å². The van der Waals surface area contributed by atoms with Gasteiger partial charge in [0.1, 0.15) is 10.7 Å². The van der Waals surface area contributed by atoms with E-state index in [1.807, 2.05) is 27.0 Å². The molecule has 1 unspecified atom stereocenters. The molecule has 0 spiro atoms. The molecular weight excluding hydrogens is 376 g/mol. The van der Waals surface area contributed by atoms with Gasteiger partial charge in [-0.05, 0) is 29.1 Å². The Kier molecular flexibility index (Phi) is 7.26.